The lowest BCUT2D eigenvalue weighted by Gasteiger charge is -2.08. The lowest BCUT2D eigenvalue weighted by atomic mass is 10.2. The van der Waals surface area contributed by atoms with Crippen LogP contribution in [-0.4, -0.2) is 40.2 Å². The lowest BCUT2D eigenvalue weighted by molar-refractivity contribution is -0.113. The van der Waals surface area contributed by atoms with Gasteiger partial charge in [0.15, 0.2) is 11.0 Å². The van der Waals surface area contributed by atoms with Crippen LogP contribution >= 0.6 is 23.5 Å². The van der Waals surface area contributed by atoms with Crippen molar-refractivity contribution < 1.29 is 4.79 Å². The molecule has 0 aliphatic heterocycles. The second-order valence-corrected chi connectivity index (χ2v) is 7.03. The van der Waals surface area contributed by atoms with Crippen LogP contribution in [0.1, 0.15) is 6.92 Å². The van der Waals surface area contributed by atoms with Crippen molar-refractivity contribution in [1.82, 2.24) is 28.5 Å². The quantitative estimate of drug-likeness (QED) is 0.499. The normalized spacial score (nSPS) is 11.0. The summed E-state index contributed by atoms with van der Waals surface area (Å²) in [6.45, 7) is 2.73. The van der Waals surface area contributed by atoms with E-state index in [0.717, 1.165) is 28.6 Å². The van der Waals surface area contributed by atoms with Gasteiger partial charge in [0.25, 0.3) is 0 Å². The van der Waals surface area contributed by atoms with Crippen molar-refractivity contribution in [3.63, 3.8) is 0 Å². The van der Waals surface area contributed by atoms with Crippen molar-refractivity contribution in [3.05, 3.63) is 42.7 Å². The maximum atomic E-state index is 12.4. The van der Waals surface area contributed by atoms with E-state index in [1.165, 1.54) is 11.8 Å². The number of carbonyl (C=O) groups excluding carboxylic acids is 1. The SMILES string of the molecule is CCn1c(SCC(=O)Nc2cccc3nsnc23)nnc1-c1ccncc1. The fourth-order valence-corrected chi connectivity index (χ4v) is 3.97. The molecule has 0 atom stereocenters. The molecule has 1 N–H and O–H groups in total. The van der Waals surface area contributed by atoms with Crippen molar-refractivity contribution in [1.29, 1.82) is 0 Å². The predicted octanol–water partition coefficient (Wildman–Crippen LogP) is 3.10. The van der Waals surface area contributed by atoms with Crippen molar-refractivity contribution in [3.8, 4) is 11.4 Å². The van der Waals surface area contributed by atoms with E-state index in [0.29, 0.717) is 22.9 Å². The smallest absolute Gasteiger partial charge is 0.234 e. The van der Waals surface area contributed by atoms with E-state index in [1.807, 2.05) is 41.8 Å². The third kappa shape index (κ3) is 3.67. The molecule has 1 amide bonds. The van der Waals surface area contributed by atoms with Gasteiger partial charge in [0.2, 0.25) is 5.91 Å². The van der Waals surface area contributed by atoms with Crippen LogP contribution in [0.4, 0.5) is 5.69 Å². The third-order valence-corrected chi connectivity index (χ3v) is 5.37. The Balaban J connectivity index is 1.46. The summed E-state index contributed by atoms with van der Waals surface area (Å²) in [5.74, 6) is 0.861. The van der Waals surface area contributed by atoms with Crippen molar-refractivity contribution >= 4 is 46.1 Å². The first-order chi connectivity index (χ1) is 13.3. The Morgan fingerprint density at radius 2 is 2.04 bits per heavy atom. The number of aromatic nitrogens is 6. The molecule has 8 nitrogen and oxygen atoms in total. The average Bonchev–Trinajstić information content (AvgIpc) is 3.34. The van der Waals surface area contributed by atoms with E-state index in [-0.39, 0.29) is 11.7 Å². The van der Waals surface area contributed by atoms with Crippen LogP contribution in [0.15, 0.2) is 47.9 Å². The first-order valence-electron chi connectivity index (χ1n) is 8.24. The Morgan fingerprint density at radius 1 is 1.19 bits per heavy atom. The predicted molar refractivity (Wildman–Crippen MR) is 106 cm³/mol. The Morgan fingerprint density at radius 3 is 2.85 bits per heavy atom. The summed E-state index contributed by atoms with van der Waals surface area (Å²) < 4.78 is 10.4. The van der Waals surface area contributed by atoms with Gasteiger partial charge in [-0.15, -0.1) is 10.2 Å². The molecule has 0 saturated heterocycles. The molecule has 136 valence electrons. The Hall–Kier alpha value is -2.85. The highest BCUT2D eigenvalue weighted by molar-refractivity contribution is 7.99. The van der Waals surface area contributed by atoms with Crippen molar-refractivity contribution in [2.24, 2.45) is 0 Å². The molecule has 3 aromatic heterocycles. The molecule has 10 heteroatoms. The Labute approximate surface area is 163 Å². The van der Waals surface area contributed by atoms with Crippen molar-refractivity contribution in [2.45, 2.75) is 18.6 Å². The van der Waals surface area contributed by atoms with Crippen LogP contribution in [0.25, 0.3) is 22.4 Å². The molecule has 3 heterocycles. The summed E-state index contributed by atoms with van der Waals surface area (Å²) >= 11 is 2.48. The van der Waals surface area contributed by atoms with Gasteiger partial charge in [0, 0.05) is 24.5 Å². The van der Waals surface area contributed by atoms with E-state index >= 15 is 0 Å². The summed E-state index contributed by atoms with van der Waals surface area (Å²) in [7, 11) is 0. The molecular formula is C17H15N7OS2. The first-order valence-corrected chi connectivity index (χ1v) is 9.95. The van der Waals surface area contributed by atoms with Gasteiger partial charge in [-0.1, -0.05) is 17.8 Å². The average molecular weight is 397 g/mol. The number of benzene rings is 1. The minimum absolute atomic E-state index is 0.128. The van der Waals surface area contributed by atoms with Gasteiger partial charge in [-0.05, 0) is 31.2 Å². The molecule has 0 aliphatic carbocycles. The molecule has 1 aromatic carbocycles. The molecule has 0 aliphatic rings. The number of carbonyl (C=O) groups is 1. The fourth-order valence-electron chi connectivity index (χ4n) is 2.62. The molecule has 0 unspecified atom stereocenters. The number of thioether (sulfide) groups is 1. The van der Waals surface area contributed by atoms with E-state index in [2.05, 4.69) is 29.2 Å². The number of rotatable bonds is 6. The molecule has 4 rings (SSSR count). The fraction of sp³-hybridized carbons (Fsp3) is 0.176. The molecule has 27 heavy (non-hydrogen) atoms. The zero-order chi connectivity index (χ0) is 18.6. The summed E-state index contributed by atoms with van der Waals surface area (Å²) in [6.07, 6.45) is 3.44. The van der Waals surface area contributed by atoms with Crippen LogP contribution in [0.5, 0.6) is 0 Å². The van der Waals surface area contributed by atoms with Crippen LogP contribution in [0.2, 0.25) is 0 Å². The topological polar surface area (TPSA) is 98.5 Å². The van der Waals surface area contributed by atoms with Gasteiger partial charge in [-0.2, -0.15) is 8.75 Å². The number of amides is 1. The lowest BCUT2D eigenvalue weighted by Crippen LogP contribution is -2.15. The van der Waals surface area contributed by atoms with Gasteiger partial charge in [-0.25, -0.2) is 0 Å². The van der Waals surface area contributed by atoms with Gasteiger partial charge in [-0.3, -0.25) is 9.78 Å². The molecule has 0 bridgehead atoms. The van der Waals surface area contributed by atoms with E-state index in [9.17, 15) is 4.79 Å². The zero-order valence-corrected chi connectivity index (χ0v) is 16.0. The van der Waals surface area contributed by atoms with Crippen LogP contribution in [-0.2, 0) is 11.3 Å². The molecule has 4 aromatic rings. The van der Waals surface area contributed by atoms with Crippen LogP contribution in [0.3, 0.4) is 0 Å². The van der Waals surface area contributed by atoms with Crippen LogP contribution in [0, 0.1) is 0 Å². The van der Waals surface area contributed by atoms with E-state index in [1.54, 1.807) is 12.4 Å². The molecule has 0 radical (unpaired) electrons. The highest BCUT2D eigenvalue weighted by Gasteiger charge is 2.15. The highest BCUT2D eigenvalue weighted by Crippen LogP contribution is 2.25. The van der Waals surface area contributed by atoms with E-state index in [4.69, 9.17) is 0 Å². The highest BCUT2D eigenvalue weighted by atomic mass is 32.2. The molecule has 0 spiro atoms. The first kappa shape index (κ1) is 17.6. The van der Waals surface area contributed by atoms with Crippen LogP contribution < -0.4 is 5.32 Å². The van der Waals surface area contributed by atoms with Gasteiger partial charge < -0.3 is 9.88 Å². The summed E-state index contributed by atoms with van der Waals surface area (Å²) in [5, 5.41) is 12.1. The number of nitrogens with zero attached hydrogens (tertiary/aromatic N) is 6. The minimum Gasteiger partial charge on any atom is -0.323 e. The van der Waals surface area contributed by atoms with Gasteiger partial charge in [0.1, 0.15) is 11.0 Å². The van der Waals surface area contributed by atoms with Crippen molar-refractivity contribution in [2.75, 3.05) is 11.1 Å². The Bertz CT molecular complexity index is 1080. The Kier molecular flexibility index (Phi) is 5.07. The zero-order valence-electron chi connectivity index (χ0n) is 14.4. The third-order valence-electron chi connectivity index (χ3n) is 3.86. The number of anilines is 1. The molecular weight excluding hydrogens is 382 g/mol. The maximum Gasteiger partial charge on any atom is 0.234 e. The van der Waals surface area contributed by atoms with E-state index < -0.39 is 0 Å². The number of nitrogens with one attached hydrogen (secondary N) is 1. The largest absolute Gasteiger partial charge is 0.323 e. The standard InChI is InChI=1S/C17H15N7OS2/c1-2-24-16(11-6-8-18-9-7-11)20-21-17(24)26-10-14(25)19-12-4-3-5-13-15(12)23-27-22-13/h3-9H,2,10H2,1H3,(H,19,25). The molecule has 0 fully saturated rings. The summed E-state index contributed by atoms with van der Waals surface area (Å²) in [6, 6.07) is 9.32. The number of hydrogen-bond acceptors (Lipinski definition) is 8. The summed E-state index contributed by atoms with van der Waals surface area (Å²) in [4.78, 5) is 16.4. The van der Waals surface area contributed by atoms with Gasteiger partial charge >= 0.3 is 0 Å². The maximum absolute atomic E-state index is 12.4. The van der Waals surface area contributed by atoms with Gasteiger partial charge in [0.05, 0.1) is 23.2 Å². The second kappa shape index (κ2) is 7.80. The molecule has 0 saturated carbocycles. The number of pyridine rings is 1. The monoisotopic (exact) mass is 397 g/mol. The second-order valence-electron chi connectivity index (χ2n) is 5.56. The minimum atomic E-state index is -0.128. The summed E-state index contributed by atoms with van der Waals surface area (Å²) in [5.41, 5.74) is 3.09. The number of fused-ring (bicyclic) bond motifs is 1. The number of hydrogen-bond donors (Lipinski definition) is 1.